The Bertz CT molecular complexity index is 775. The molecule has 0 unspecified atom stereocenters. The van der Waals surface area contributed by atoms with Gasteiger partial charge in [-0.1, -0.05) is 19.9 Å². The SMILES string of the molecule is COC(=O)c1cccc(Nc2cc(C(=O)NCC(C)C)nc(C)n2)c1. The highest BCUT2D eigenvalue weighted by molar-refractivity contribution is 5.93. The Morgan fingerprint density at radius 1 is 1.20 bits per heavy atom. The lowest BCUT2D eigenvalue weighted by atomic mass is 10.2. The largest absolute Gasteiger partial charge is 0.465 e. The molecule has 0 saturated heterocycles. The monoisotopic (exact) mass is 342 g/mol. The highest BCUT2D eigenvalue weighted by Gasteiger charge is 2.12. The van der Waals surface area contributed by atoms with Crippen molar-refractivity contribution in [3.8, 4) is 0 Å². The van der Waals surface area contributed by atoms with Gasteiger partial charge < -0.3 is 15.4 Å². The van der Waals surface area contributed by atoms with Crippen LogP contribution in [0.4, 0.5) is 11.5 Å². The van der Waals surface area contributed by atoms with Gasteiger partial charge in [-0.15, -0.1) is 0 Å². The average Bonchev–Trinajstić information content (AvgIpc) is 2.58. The van der Waals surface area contributed by atoms with E-state index >= 15 is 0 Å². The summed E-state index contributed by atoms with van der Waals surface area (Å²) >= 11 is 0. The summed E-state index contributed by atoms with van der Waals surface area (Å²) in [5, 5.41) is 5.92. The Balaban J connectivity index is 2.20. The Hall–Kier alpha value is -2.96. The molecular formula is C18H22N4O3. The molecule has 0 aliphatic carbocycles. The second-order valence-corrected chi connectivity index (χ2v) is 5.99. The fourth-order valence-corrected chi connectivity index (χ4v) is 2.13. The smallest absolute Gasteiger partial charge is 0.337 e. The van der Waals surface area contributed by atoms with Crippen molar-refractivity contribution in [2.45, 2.75) is 20.8 Å². The molecule has 2 aromatic rings. The van der Waals surface area contributed by atoms with Crippen LogP contribution in [0.3, 0.4) is 0 Å². The molecule has 7 heteroatoms. The average molecular weight is 342 g/mol. The van der Waals surface area contributed by atoms with Crippen molar-refractivity contribution in [3.63, 3.8) is 0 Å². The van der Waals surface area contributed by atoms with Gasteiger partial charge in [0.2, 0.25) is 0 Å². The van der Waals surface area contributed by atoms with E-state index in [-0.39, 0.29) is 5.91 Å². The zero-order valence-electron chi connectivity index (χ0n) is 14.8. The molecule has 1 heterocycles. The third kappa shape index (κ3) is 5.27. The fourth-order valence-electron chi connectivity index (χ4n) is 2.13. The number of carbonyl (C=O) groups excluding carboxylic acids is 2. The van der Waals surface area contributed by atoms with Gasteiger partial charge in [-0.05, 0) is 31.0 Å². The maximum absolute atomic E-state index is 12.2. The van der Waals surface area contributed by atoms with Crippen molar-refractivity contribution >= 4 is 23.4 Å². The molecule has 132 valence electrons. The molecule has 1 aromatic carbocycles. The van der Waals surface area contributed by atoms with Gasteiger partial charge in [0.05, 0.1) is 12.7 Å². The maximum Gasteiger partial charge on any atom is 0.337 e. The number of aryl methyl sites for hydroxylation is 1. The molecule has 0 fully saturated rings. The third-order valence-corrected chi connectivity index (χ3v) is 3.30. The van der Waals surface area contributed by atoms with Crippen LogP contribution < -0.4 is 10.6 Å². The summed E-state index contributed by atoms with van der Waals surface area (Å²) in [6, 6.07) is 8.42. The quantitative estimate of drug-likeness (QED) is 0.784. The van der Waals surface area contributed by atoms with Crippen LogP contribution >= 0.6 is 0 Å². The summed E-state index contributed by atoms with van der Waals surface area (Å²) in [5.74, 6) is 0.639. The van der Waals surface area contributed by atoms with Gasteiger partial charge in [0.15, 0.2) is 0 Å². The molecule has 2 rings (SSSR count). The minimum absolute atomic E-state index is 0.245. The zero-order valence-corrected chi connectivity index (χ0v) is 14.8. The molecule has 0 aliphatic rings. The van der Waals surface area contributed by atoms with Crippen LogP contribution in [0.1, 0.15) is 40.5 Å². The predicted molar refractivity (Wildman–Crippen MR) is 95.0 cm³/mol. The Morgan fingerprint density at radius 3 is 2.64 bits per heavy atom. The number of hydrogen-bond donors (Lipinski definition) is 2. The molecule has 1 amide bonds. The predicted octanol–water partition coefficient (Wildman–Crippen LogP) is 2.70. The standard InChI is InChI=1S/C18H22N4O3/c1-11(2)10-19-17(23)15-9-16(21-12(3)20-15)22-14-7-5-6-13(8-14)18(24)25-4/h5-9,11H,10H2,1-4H3,(H,19,23)(H,20,21,22). The van der Waals surface area contributed by atoms with E-state index in [1.807, 2.05) is 13.8 Å². The van der Waals surface area contributed by atoms with E-state index in [2.05, 4.69) is 20.6 Å². The van der Waals surface area contributed by atoms with Crippen LogP contribution in [0.5, 0.6) is 0 Å². The number of methoxy groups -OCH3 is 1. The number of aromatic nitrogens is 2. The number of carbonyl (C=O) groups is 2. The molecule has 1 aromatic heterocycles. The number of nitrogens with one attached hydrogen (secondary N) is 2. The number of anilines is 2. The molecule has 0 saturated carbocycles. The molecule has 7 nitrogen and oxygen atoms in total. The van der Waals surface area contributed by atoms with Crippen LogP contribution in [0.25, 0.3) is 0 Å². The highest BCUT2D eigenvalue weighted by Crippen LogP contribution is 2.17. The number of ether oxygens (including phenoxy) is 1. The van der Waals surface area contributed by atoms with E-state index in [4.69, 9.17) is 4.74 Å². The minimum atomic E-state index is -0.420. The highest BCUT2D eigenvalue weighted by atomic mass is 16.5. The summed E-state index contributed by atoms with van der Waals surface area (Å²) in [7, 11) is 1.33. The number of hydrogen-bond acceptors (Lipinski definition) is 6. The van der Waals surface area contributed by atoms with Crippen molar-refractivity contribution in [2.75, 3.05) is 19.0 Å². The van der Waals surface area contributed by atoms with Crippen molar-refractivity contribution in [1.29, 1.82) is 0 Å². The van der Waals surface area contributed by atoms with Gasteiger partial charge in [0.1, 0.15) is 17.3 Å². The van der Waals surface area contributed by atoms with E-state index in [9.17, 15) is 9.59 Å². The lowest BCUT2D eigenvalue weighted by molar-refractivity contribution is 0.0600. The van der Waals surface area contributed by atoms with E-state index in [1.54, 1.807) is 37.3 Å². The van der Waals surface area contributed by atoms with Crippen molar-refractivity contribution in [1.82, 2.24) is 15.3 Å². The molecule has 0 radical (unpaired) electrons. The normalized spacial score (nSPS) is 10.4. The lowest BCUT2D eigenvalue weighted by Crippen LogP contribution is -2.28. The first-order valence-electron chi connectivity index (χ1n) is 7.98. The zero-order chi connectivity index (χ0) is 18.4. The van der Waals surface area contributed by atoms with E-state index in [0.29, 0.717) is 41.0 Å². The van der Waals surface area contributed by atoms with Crippen LogP contribution in [0.2, 0.25) is 0 Å². The molecule has 0 spiro atoms. The number of rotatable bonds is 6. The van der Waals surface area contributed by atoms with Crippen LogP contribution in [0, 0.1) is 12.8 Å². The van der Waals surface area contributed by atoms with E-state index in [1.165, 1.54) is 7.11 Å². The molecule has 0 atom stereocenters. The number of nitrogens with zero attached hydrogens (tertiary/aromatic N) is 2. The first-order chi connectivity index (χ1) is 11.9. The van der Waals surface area contributed by atoms with Gasteiger partial charge in [-0.2, -0.15) is 0 Å². The minimum Gasteiger partial charge on any atom is -0.465 e. The molecule has 2 N–H and O–H groups in total. The summed E-state index contributed by atoms with van der Waals surface area (Å²) in [4.78, 5) is 32.3. The number of esters is 1. The summed E-state index contributed by atoms with van der Waals surface area (Å²) in [6.45, 7) is 6.33. The molecule has 0 bridgehead atoms. The molecule has 0 aliphatic heterocycles. The van der Waals surface area contributed by atoms with Crippen LogP contribution in [-0.4, -0.2) is 35.5 Å². The fraction of sp³-hybridized carbons (Fsp3) is 0.333. The summed E-state index contributed by atoms with van der Waals surface area (Å²) < 4.78 is 4.71. The van der Waals surface area contributed by atoms with Gasteiger partial charge in [0, 0.05) is 18.3 Å². The first-order valence-corrected chi connectivity index (χ1v) is 7.98. The van der Waals surface area contributed by atoms with Gasteiger partial charge >= 0.3 is 5.97 Å². The number of amides is 1. The second kappa shape index (κ2) is 8.23. The van der Waals surface area contributed by atoms with Gasteiger partial charge in [0.25, 0.3) is 5.91 Å². The molecular weight excluding hydrogens is 320 g/mol. The Labute approximate surface area is 146 Å². The van der Waals surface area contributed by atoms with Gasteiger partial charge in [-0.25, -0.2) is 14.8 Å². The lowest BCUT2D eigenvalue weighted by Gasteiger charge is -2.11. The van der Waals surface area contributed by atoms with Gasteiger partial charge in [-0.3, -0.25) is 4.79 Å². The molecule has 25 heavy (non-hydrogen) atoms. The van der Waals surface area contributed by atoms with Crippen LogP contribution in [-0.2, 0) is 4.74 Å². The van der Waals surface area contributed by atoms with E-state index in [0.717, 1.165) is 0 Å². The summed E-state index contributed by atoms with van der Waals surface area (Å²) in [5.41, 5.74) is 1.38. The first kappa shape index (κ1) is 18.4. The van der Waals surface area contributed by atoms with E-state index < -0.39 is 5.97 Å². The number of benzene rings is 1. The topological polar surface area (TPSA) is 93.2 Å². The van der Waals surface area contributed by atoms with Crippen molar-refractivity contribution < 1.29 is 14.3 Å². The van der Waals surface area contributed by atoms with Crippen LogP contribution in [0.15, 0.2) is 30.3 Å². The summed E-state index contributed by atoms with van der Waals surface area (Å²) in [6.07, 6.45) is 0. The third-order valence-electron chi connectivity index (χ3n) is 3.30. The Kier molecular flexibility index (Phi) is 6.05. The van der Waals surface area contributed by atoms with Crippen molar-refractivity contribution in [3.05, 3.63) is 47.4 Å². The second-order valence-electron chi connectivity index (χ2n) is 5.99. The maximum atomic E-state index is 12.2. The Morgan fingerprint density at radius 2 is 1.96 bits per heavy atom. The van der Waals surface area contributed by atoms with Crippen molar-refractivity contribution in [2.24, 2.45) is 5.92 Å².